The van der Waals surface area contributed by atoms with Crippen LogP contribution in [0.1, 0.15) is 23.1 Å². The monoisotopic (exact) mass is 264 g/mol. The smallest absolute Gasteiger partial charge is 0.0978 e. The highest BCUT2D eigenvalue weighted by Gasteiger charge is 2.08. The van der Waals surface area contributed by atoms with Crippen molar-refractivity contribution >= 4 is 11.6 Å². The van der Waals surface area contributed by atoms with Gasteiger partial charge in [-0.1, -0.05) is 23.7 Å². The highest BCUT2D eigenvalue weighted by Crippen LogP contribution is 2.16. The van der Waals surface area contributed by atoms with Crippen molar-refractivity contribution in [2.24, 2.45) is 0 Å². The van der Waals surface area contributed by atoms with Crippen molar-refractivity contribution in [2.45, 2.75) is 20.0 Å². The third-order valence-corrected chi connectivity index (χ3v) is 3.22. The van der Waals surface area contributed by atoms with Gasteiger partial charge >= 0.3 is 0 Å². The van der Waals surface area contributed by atoms with Crippen LogP contribution in [0, 0.1) is 13.8 Å². The van der Waals surface area contributed by atoms with Gasteiger partial charge in [-0.15, -0.1) is 0 Å². The molecular weight excluding hydrogens is 248 g/mol. The standard InChI is InChI=1S/C14H17ClN2O/c1-10-3-4-11(2)17(10)16-9-14(18)12-5-7-13(15)8-6-12/h3-8,14,16,18H,9H2,1-2H3. The normalized spacial score (nSPS) is 12.4. The topological polar surface area (TPSA) is 37.2 Å². The van der Waals surface area contributed by atoms with Crippen LogP contribution in [0.25, 0.3) is 0 Å². The van der Waals surface area contributed by atoms with Crippen LogP contribution in [0.15, 0.2) is 36.4 Å². The lowest BCUT2D eigenvalue weighted by Crippen LogP contribution is -2.23. The van der Waals surface area contributed by atoms with E-state index in [-0.39, 0.29) is 0 Å². The number of aliphatic hydroxyl groups excluding tert-OH is 1. The van der Waals surface area contributed by atoms with Crippen LogP contribution in [-0.2, 0) is 0 Å². The molecule has 1 aromatic heterocycles. The molecule has 2 aromatic rings. The van der Waals surface area contributed by atoms with Crippen LogP contribution in [-0.4, -0.2) is 16.3 Å². The van der Waals surface area contributed by atoms with Crippen LogP contribution >= 0.6 is 11.6 Å². The quantitative estimate of drug-likeness (QED) is 0.891. The van der Waals surface area contributed by atoms with E-state index in [0.717, 1.165) is 17.0 Å². The average Bonchev–Trinajstić information content (AvgIpc) is 2.67. The number of hydrogen-bond donors (Lipinski definition) is 2. The van der Waals surface area contributed by atoms with E-state index < -0.39 is 6.10 Å². The van der Waals surface area contributed by atoms with Gasteiger partial charge in [0.05, 0.1) is 12.6 Å². The van der Waals surface area contributed by atoms with Crippen LogP contribution < -0.4 is 5.43 Å². The van der Waals surface area contributed by atoms with Gasteiger partial charge in [0.25, 0.3) is 0 Å². The number of halogens is 1. The Balaban J connectivity index is 2.00. The van der Waals surface area contributed by atoms with Gasteiger partial charge in [0.15, 0.2) is 0 Å². The lowest BCUT2D eigenvalue weighted by Gasteiger charge is -2.16. The number of aromatic nitrogens is 1. The fraction of sp³-hybridized carbons (Fsp3) is 0.286. The Hall–Kier alpha value is -1.45. The molecule has 0 radical (unpaired) electrons. The second kappa shape index (κ2) is 5.46. The molecule has 1 heterocycles. The van der Waals surface area contributed by atoms with E-state index in [4.69, 9.17) is 11.6 Å². The van der Waals surface area contributed by atoms with Gasteiger partial charge in [0.1, 0.15) is 0 Å². The summed E-state index contributed by atoms with van der Waals surface area (Å²) < 4.78 is 1.97. The molecule has 3 nitrogen and oxygen atoms in total. The first-order chi connectivity index (χ1) is 8.58. The molecule has 0 saturated carbocycles. The zero-order valence-corrected chi connectivity index (χ0v) is 11.3. The summed E-state index contributed by atoms with van der Waals surface area (Å²) in [5, 5.41) is 10.7. The summed E-state index contributed by atoms with van der Waals surface area (Å²) in [5.41, 5.74) is 6.31. The maximum atomic E-state index is 10.1. The molecule has 0 bridgehead atoms. The summed E-state index contributed by atoms with van der Waals surface area (Å²) in [4.78, 5) is 0. The second-order valence-corrected chi connectivity index (χ2v) is 4.82. The zero-order chi connectivity index (χ0) is 13.1. The van der Waals surface area contributed by atoms with Crippen molar-refractivity contribution in [2.75, 3.05) is 12.0 Å². The Morgan fingerprint density at radius 3 is 2.22 bits per heavy atom. The lowest BCUT2D eigenvalue weighted by molar-refractivity contribution is 0.188. The van der Waals surface area contributed by atoms with Gasteiger partial charge in [-0.2, -0.15) is 0 Å². The van der Waals surface area contributed by atoms with E-state index in [9.17, 15) is 5.11 Å². The molecule has 0 aliphatic rings. The zero-order valence-electron chi connectivity index (χ0n) is 10.5. The first-order valence-electron chi connectivity index (χ1n) is 5.90. The molecule has 18 heavy (non-hydrogen) atoms. The van der Waals surface area contributed by atoms with Crippen LogP contribution in [0.4, 0.5) is 0 Å². The summed E-state index contributed by atoms with van der Waals surface area (Å²) in [6.45, 7) is 4.50. The molecule has 0 amide bonds. The van der Waals surface area contributed by atoms with Gasteiger partial charge < -0.3 is 10.5 Å². The molecule has 0 spiro atoms. The third-order valence-electron chi connectivity index (χ3n) is 2.97. The minimum absolute atomic E-state index is 0.456. The summed E-state index contributed by atoms with van der Waals surface area (Å²) in [6, 6.07) is 11.3. The van der Waals surface area contributed by atoms with Crippen molar-refractivity contribution in [3.05, 3.63) is 58.4 Å². The Labute approximate surface area is 112 Å². The average molecular weight is 265 g/mol. The number of hydrogen-bond acceptors (Lipinski definition) is 2. The minimum Gasteiger partial charge on any atom is -0.387 e. The van der Waals surface area contributed by atoms with E-state index in [1.807, 2.05) is 42.8 Å². The van der Waals surface area contributed by atoms with Crippen LogP contribution in [0.2, 0.25) is 5.02 Å². The second-order valence-electron chi connectivity index (χ2n) is 4.38. The fourth-order valence-corrected chi connectivity index (χ4v) is 2.02. The van der Waals surface area contributed by atoms with Crippen LogP contribution in [0.3, 0.4) is 0 Å². The summed E-state index contributed by atoms with van der Waals surface area (Å²) >= 11 is 5.81. The number of aliphatic hydroxyl groups is 1. The van der Waals surface area contributed by atoms with E-state index in [2.05, 4.69) is 5.43 Å². The molecule has 0 saturated heterocycles. The molecule has 2 rings (SSSR count). The van der Waals surface area contributed by atoms with Gasteiger partial charge in [0, 0.05) is 16.4 Å². The number of nitrogens with zero attached hydrogens (tertiary/aromatic N) is 1. The van der Waals surface area contributed by atoms with Crippen LogP contribution in [0.5, 0.6) is 0 Å². The molecule has 0 aliphatic carbocycles. The molecule has 0 fully saturated rings. The molecule has 1 aromatic carbocycles. The number of benzene rings is 1. The molecule has 1 atom stereocenters. The van der Waals surface area contributed by atoms with Crippen molar-refractivity contribution < 1.29 is 5.11 Å². The molecule has 96 valence electrons. The highest BCUT2D eigenvalue weighted by atomic mass is 35.5. The van der Waals surface area contributed by atoms with E-state index in [1.165, 1.54) is 0 Å². The van der Waals surface area contributed by atoms with Gasteiger partial charge in [-0.3, -0.25) is 4.68 Å². The van der Waals surface area contributed by atoms with E-state index >= 15 is 0 Å². The first kappa shape index (κ1) is 13.0. The Bertz CT molecular complexity index is 500. The fourth-order valence-electron chi connectivity index (χ4n) is 1.90. The number of aryl methyl sites for hydroxylation is 2. The predicted octanol–water partition coefficient (Wildman–Crippen LogP) is 3.04. The third kappa shape index (κ3) is 2.86. The van der Waals surface area contributed by atoms with Crippen molar-refractivity contribution in [3.63, 3.8) is 0 Å². The Kier molecular flexibility index (Phi) is 3.94. The summed E-state index contributed by atoms with van der Waals surface area (Å²) in [5.74, 6) is 0. The van der Waals surface area contributed by atoms with E-state index in [0.29, 0.717) is 11.6 Å². The van der Waals surface area contributed by atoms with Gasteiger partial charge in [0.2, 0.25) is 0 Å². The highest BCUT2D eigenvalue weighted by molar-refractivity contribution is 6.30. The number of rotatable bonds is 4. The molecule has 0 aliphatic heterocycles. The minimum atomic E-state index is -0.552. The Morgan fingerprint density at radius 2 is 1.67 bits per heavy atom. The van der Waals surface area contributed by atoms with Crippen molar-refractivity contribution in [3.8, 4) is 0 Å². The predicted molar refractivity (Wildman–Crippen MR) is 74.5 cm³/mol. The summed E-state index contributed by atoms with van der Waals surface area (Å²) in [7, 11) is 0. The Morgan fingerprint density at radius 1 is 1.11 bits per heavy atom. The molecule has 1 unspecified atom stereocenters. The van der Waals surface area contributed by atoms with E-state index in [1.54, 1.807) is 12.1 Å². The van der Waals surface area contributed by atoms with Crippen molar-refractivity contribution in [1.29, 1.82) is 0 Å². The van der Waals surface area contributed by atoms with Gasteiger partial charge in [-0.25, -0.2) is 0 Å². The SMILES string of the molecule is Cc1ccc(C)n1NCC(O)c1ccc(Cl)cc1. The molecule has 2 N–H and O–H groups in total. The molecule has 4 heteroatoms. The van der Waals surface area contributed by atoms with Crippen molar-refractivity contribution in [1.82, 2.24) is 4.68 Å². The maximum absolute atomic E-state index is 10.1. The lowest BCUT2D eigenvalue weighted by atomic mass is 10.1. The first-order valence-corrected chi connectivity index (χ1v) is 6.28. The summed E-state index contributed by atoms with van der Waals surface area (Å²) in [6.07, 6.45) is -0.552. The molecular formula is C14H17ClN2O. The van der Waals surface area contributed by atoms with Gasteiger partial charge in [-0.05, 0) is 43.7 Å². The maximum Gasteiger partial charge on any atom is 0.0978 e. The number of nitrogens with one attached hydrogen (secondary N) is 1. The largest absolute Gasteiger partial charge is 0.387 e.